The number of esters is 1. The molecule has 1 aromatic heterocycles. The topological polar surface area (TPSA) is 65.2 Å². The molecule has 3 aromatic rings. The molecule has 0 unspecified atom stereocenters. The van der Waals surface area contributed by atoms with Gasteiger partial charge in [-0.1, -0.05) is 35.0 Å². The zero-order valence-electron chi connectivity index (χ0n) is 12.4. The van der Waals surface area contributed by atoms with E-state index >= 15 is 0 Å². The van der Waals surface area contributed by atoms with Crippen LogP contribution in [0.5, 0.6) is 5.75 Å². The molecule has 2 aromatic carbocycles. The Balaban J connectivity index is 1.58. The molecule has 0 N–H and O–H groups in total. The first kappa shape index (κ1) is 18.3. The van der Waals surface area contributed by atoms with E-state index in [0.29, 0.717) is 26.2 Å². The van der Waals surface area contributed by atoms with Gasteiger partial charge in [-0.2, -0.15) is 0 Å². The number of rotatable bonds is 5. The molecule has 0 aliphatic carbocycles. The minimum atomic E-state index is -0.445. The van der Waals surface area contributed by atoms with Crippen LogP contribution in [0.2, 0.25) is 10.0 Å². The van der Waals surface area contributed by atoms with Crippen molar-refractivity contribution in [1.82, 2.24) is 10.2 Å². The van der Waals surface area contributed by atoms with E-state index in [1.165, 1.54) is 0 Å². The van der Waals surface area contributed by atoms with E-state index in [9.17, 15) is 4.79 Å². The fraction of sp³-hybridized carbons (Fsp3) is 0.0625. The molecule has 0 saturated heterocycles. The molecule has 128 valence electrons. The number of aromatic nitrogens is 2. The molecule has 0 amide bonds. The predicted molar refractivity (Wildman–Crippen MR) is 100 cm³/mol. The van der Waals surface area contributed by atoms with Crippen LogP contribution < -0.4 is 4.74 Å². The number of carbonyl (C=O) groups is 1. The molecule has 0 atom stereocenters. The van der Waals surface area contributed by atoms with Gasteiger partial charge in [-0.05, 0) is 58.4 Å². The van der Waals surface area contributed by atoms with E-state index < -0.39 is 5.97 Å². The molecule has 1 heterocycles. The van der Waals surface area contributed by atoms with Crippen molar-refractivity contribution >= 4 is 56.9 Å². The third-order valence-corrected chi connectivity index (χ3v) is 4.83. The summed E-state index contributed by atoms with van der Waals surface area (Å²) in [6.07, 6.45) is 0. The van der Waals surface area contributed by atoms with Gasteiger partial charge in [-0.25, -0.2) is 0 Å². The van der Waals surface area contributed by atoms with Crippen molar-refractivity contribution in [3.8, 4) is 17.2 Å². The monoisotopic (exact) mass is 458 g/mol. The normalized spacial score (nSPS) is 10.7. The largest absolute Gasteiger partial charge is 0.425 e. The van der Waals surface area contributed by atoms with Crippen molar-refractivity contribution in [3.05, 3.63) is 57.0 Å². The van der Waals surface area contributed by atoms with E-state index in [1.807, 2.05) is 0 Å². The van der Waals surface area contributed by atoms with Gasteiger partial charge in [0.25, 0.3) is 5.22 Å². The quantitative estimate of drug-likeness (QED) is 0.285. The SMILES string of the molecule is O=C(CSc1nnc(-c2ccc(Cl)cc2)o1)Oc1ccc(Cl)cc1Br. The first-order chi connectivity index (χ1) is 12.0. The van der Waals surface area contributed by atoms with Gasteiger partial charge in [0, 0.05) is 15.6 Å². The summed E-state index contributed by atoms with van der Waals surface area (Å²) in [6, 6.07) is 11.9. The van der Waals surface area contributed by atoms with Crippen molar-refractivity contribution in [2.24, 2.45) is 0 Å². The highest BCUT2D eigenvalue weighted by molar-refractivity contribution is 9.10. The molecule has 0 radical (unpaired) electrons. The van der Waals surface area contributed by atoms with Gasteiger partial charge in [0.1, 0.15) is 11.5 Å². The number of hydrogen-bond acceptors (Lipinski definition) is 6. The number of nitrogens with zero attached hydrogens (tertiary/aromatic N) is 2. The van der Waals surface area contributed by atoms with Crippen LogP contribution in [-0.4, -0.2) is 21.9 Å². The summed E-state index contributed by atoms with van der Waals surface area (Å²) in [5, 5.41) is 9.29. The minimum absolute atomic E-state index is 0.0251. The maximum atomic E-state index is 11.9. The molecule has 0 aliphatic heterocycles. The average molecular weight is 460 g/mol. The Morgan fingerprint density at radius 3 is 2.56 bits per heavy atom. The minimum Gasteiger partial charge on any atom is -0.425 e. The molecule has 0 saturated carbocycles. The maximum Gasteiger partial charge on any atom is 0.321 e. The van der Waals surface area contributed by atoms with Crippen LogP contribution in [0.25, 0.3) is 11.5 Å². The summed E-state index contributed by atoms with van der Waals surface area (Å²) in [5.41, 5.74) is 0.747. The lowest BCUT2D eigenvalue weighted by Crippen LogP contribution is -2.11. The Morgan fingerprint density at radius 2 is 1.84 bits per heavy atom. The second kappa shape index (κ2) is 8.23. The molecule has 0 spiro atoms. The highest BCUT2D eigenvalue weighted by Crippen LogP contribution is 2.29. The van der Waals surface area contributed by atoms with Crippen LogP contribution in [0.3, 0.4) is 0 Å². The van der Waals surface area contributed by atoms with E-state index in [4.69, 9.17) is 32.4 Å². The first-order valence-electron chi connectivity index (χ1n) is 6.89. The van der Waals surface area contributed by atoms with Gasteiger partial charge in [-0.3, -0.25) is 4.79 Å². The Morgan fingerprint density at radius 1 is 1.12 bits per heavy atom. The van der Waals surface area contributed by atoms with E-state index in [2.05, 4.69) is 26.1 Å². The van der Waals surface area contributed by atoms with Gasteiger partial charge in [0.05, 0.1) is 4.47 Å². The zero-order chi connectivity index (χ0) is 17.8. The third kappa shape index (κ3) is 4.98. The lowest BCUT2D eigenvalue weighted by molar-refractivity contribution is -0.131. The van der Waals surface area contributed by atoms with Gasteiger partial charge in [0.2, 0.25) is 5.89 Å². The maximum absolute atomic E-state index is 11.9. The standard InChI is InChI=1S/C16H9BrCl2N2O3S/c17-12-7-11(19)5-6-13(12)23-14(22)8-25-16-21-20-15(24-16)9-1-3-10(18)4-2-9/h1-7H,8H2. The highest BCUT2D eigenvalue weighted by atomic mass is 79.9. The number of halogens is 3. The van der Waals surface area contributed by atoms with Crippen LogP contribution in [0.4, 0.5) is 0 Å². The molecule has 5 nitrogen and oxygen atoms in total. The smallest absolute Gasteiger partial charge is 0.321 e. The number of carbonyl (C=O) groups excluding carboxylic acids is 1. The van der Waals surface area contributed by atoms with Crippen LogP contribution >= 0.6 is 50.9 Å². The second-order valence-electron chi connectivity index (χ2n) is 4.72. The predicted octanol–water partition coefficient (Wildman–Crippen LogP) is 5.50. The molecular weight excluding hydrogens is 451 g/mol. The second-order valence-corrected chi connectivity index (χ2v) is 7.37. The van der Waals surface area contributed by atoms with Crippen LogP contribution in [0, 0.1) is 0 Å². The lowest BCUT2D eigenvalue weighted by atomic mass is 10.2. The Bertz CT molecular complexity index is 903. The Hall–Kier alpha value is -1.54. The van der Waals surface area contributed by atoms with Crippen molar-refractivity contribution in [2.45, 2.75) is 5.22 Å². The van der Waals surface area contributed by atoms with Crippen LogP contribution in [0.1, 0.15) is 0 Å². The van der Waals surface area contributed by atoms with Gasteiger partial charge < -0.3 is 9.15 Å². The molecule has 0 bridgehead atoms. The summed E-state index contributed by atoms with van der Waals surface area (Å²) in [4.78, 5) is 11.9. The lowest BCUT2D eigenvalue weighted by Gasteiger charge is -2.05. The summed E-state index contributed by atoms with van der Waals surface area (Å²) in [6.45, 7) is 0. The summed E-state index contributed by atoms with van der Waals surface area (Å²) < 4.78 is 11.4. The van der Waals surface area contributed by atoms with E-state index in [-0.39, 0.29) is 11.0 Å². The fourth-order valence-electron chi connectivity index (χ4n) is 1.81. The summed E-state index contributed by atoms with van der Waals surface area (Å²) in [5.74, 6) is 0.326. The molecular formula is C16H9BrCl2N2O3S. The van der Waals surface area contributed by atoms with Gasteiger partial charge in [0.15, 0.2) is 0 Å². The van der Waals surface area contributed by atoms with Crippen molar-refractivity contribution in [3.63, 3.8) is 0 Å². The third-order valence-electron chi connectivity index (χ3n) is 2.93. The van der Waals surface area contributed by atoms with Crippen molar-refractivity contribution < 1.29 is 13.9 Å². The molecule has 25 heavy (non-hydrogen) atoms. The van der Waals surface area contributed by atoms with Crippen LogP contribution in [0.15, 0.2) is 56.6 Å². The van der Waals surface area contributed by atoms with Gasteiger partial charge >= 0.3 is 5.97 Å². The van der Waals surface area contributed by atoms with Gasteiger partial charge in [-0.15, -0.1) is 10.2 Å². The fourth-order valence-corrected chi connectivity index (χ4v) is 3.23. The van der Waals surface area contributed by atoms with Crippen LogP contribution in [-0.2, 0) is 4.79 Å². The zero-order valence-corrected chi connectivity index (χ0v) is 16.3. The number of thioether (sulfide) groups is 1. The van der Waals surface area contributed by atoms with E-state index in [1.54, 1.807) is 42.5 Å². The number of ether oxygens (including phenoxy) is 1. The van der Waals surface area contributed by atoms with Crippen molar-refractivity contribution in [1.29, 1.82) is 0 Å². The Kier molecular flexibility index (Phi) is 6.01. The van der Waals surface area contributed by atoms with E-state index in [0.717, 1.165) is 17.3 Å². The number of hydrogen-bond donors (Lipinski definition) is 0. The number of benzene rings is 2. The molecule has 3 rings (SSSR count). The summed E-state index contributed by atoms with van der Waals surface area (Å²) >= 11 is 16.1. The molecule has 9 heteroatoms. The molecule has 0 aliphatic rings. The first-order valence-corrected chi connectivity index (χ1v) is 9.43. The molecule has 0 fully saturated rings. The Labute approximate surface area is 165 Å². The highest BCUT2D eigenvalue weighted by Gasteiger charge is 2.13. The van der Waals surface area contributed by atoms with Crippen molar-refractivity contribution in [2.75, 3.05) is 5.75 Å². The summed E-state index contributed by atoms with van der Waals surface area (Å²) in [7, 11) is 0. The average Bonchev–Trinajstić information content (AvgIpc) is 3.05.